The molecule has 42 heavy (non-hydrogen) atoms. The van der Waals surface area contributed by atoms with E-state index in [0.717, 1.165) is 13.1 Å². The maximum Gasteiger partial charge on any atom is 0.247 e. The molecule has 14 heteroatoms. The molecule has 0 aliphatic carbocycles. The number of pyridine rings is 1. The third-order valence-corrected chi connectivity index (χ3v) is 9.03. The molecule has 4 aromatic rings. The van der Waals surface area contributed by atoms with Crippen LogP contribution in [0.3, 0.4) is 0 Å². The third kappa shape index (κ3) is 3.87. The lowest BCUT2D eigenvalue weighted by molar-refractivity contribution is -0.129. The SMILES string of the molecule is O=C1C=C(c2c(-n3cnnn3)ccc(Cl)c2F)C[C@H]2CC[C@@H](c3ncc(-c4ccnc(N5CC6(COC6)C5)c4F)[nH]3)N12. The molecular formula is C28H24ClF2N9O2. The van der Waals surface area contributed by atoms with Crippen molar-refractivity contribution in [3.8, 4) is 16.9 Å². The Morgan fingerprint density at radius 1 is 1.10 bits per heavy atom. The molecule has 11 nitrogen and oxygen atoms in total. The summed E-state index contributed by atoms with van der Waals surface area (Å²) in [6, 6.07) is 4.19. The molecule has 1 amide bonds. The van der Waals surface area contributed by atoms with Gasteiger partial charge in [0.15, 0.2) is 17.5 Å². The molecular weight excluding hydrogens is 568 g/mol. The predicted molar refractivity (Wildman–Crippen MR) is 147 cm³/mol. The number of amides is 1. The first-order valence-corrected chi connectivity index (χ1v) is 14.1. The second-order valence-electron chi connectivity index (χ2n) is 11.4. The van der Waals surface area contributed by atoms with Crippen molar-refractivity contribution < 1.29 is 18.3 Å². The number of ether oxygens (including phenoxy) is 1. The molecule has 3 fully saturated rings. The lowest BCUT2D eigenvalue weighted by atomic mass is 9.78. The number of nitrogens with zero attached hydrogens (tertiary/aromatic N) is 8. The van der Waals surface area contributed by atoms with E-state index in [9.17, 15) is 4.79 Å². The van der Waals surface area contributed by atoms with E-state index in [-0.39, 0.29) is 34.0 Å². The van der Waals surface area contributed by atoms with Crippen molar-refractivity contribution in [2.75, 3.05) is 31.2 Å². The van der Waals surface area contributed by atoms with Crippen LogP contribution in [0.4, 0.5) is 14.6 Å². The van der Waals surface area contributed by atoms with Gasteiger partial charge in [0.25, 0.3) is 0 Å². The minimum Gasteiger partial charge on any atom is -0.380 e. The zero-order valence-electron chi connectivity index (χ0n) is 22.2. The van der Waals surface area contributed by atoms with Crippen LogP contribution in [0, 0.1) is 17.0 Å². The van der Waals surface area contributed by atoms with Gasteiger partial charge in [0, 0.05) is 42.5 Å². The number of imidazole rings is 1. The number of fused-ring (bicyclic) bond motifs is 1. The Balaban J connectivity index is 1.06. The van der Waals surface area contributed by atoms with E-state index in [1.54, 1.807) is 29.4 Å². The van der Waals surface area contributed by atoms with Crippen molar-refractivity contribution in [3.63, 3.8) is 0 Å². The number of halogens is 3. The monoisotopic (exact) mass is 591 g/mol. The normalized spacial score (nSPS) is 22.6. The summed E-state index contributed by atoms with van der Waals surface area (Å²) in [4.78, 5) is 29.4. The summed E-state index contributed by atoms with van der Waals surface area (Å²) in [7, 11) is 0. The molecule has 2 atom stereocenters. The van der Waals surface area contributed by atoms with Gasteiger partial charge in [-0.1, -0.05) is 11.6 Å². The second kappa shape index (κ2) is 9.39. The van der Waals surface area contributed by atoms with Gasteiger partial charge in [-0.05, 0) is 53.5 Å². The summed E-state index contributed by atoms with van der Waals surface area (Å²) in [5, 5.41) is 11.1. The van der Waals surface area contributed by atoms with Crippen LogP contribution in [0.15, 0.2) is 43.0 Å². The van der Waals surface area contributed by atoms with Crippen molar-refractivity contribution in [1.29, 1.82) is 0 Å². The number of hydrogen-bond acceptors (Lipinski definition) is 8. The highest BCUT2D eigenvalue weighted by molar-refractivity contribution is 6.31. The van der Waals surface area contributed by atoms with Gasteiger partial charge in [-0.3, -0.25) is 4.79 Å². The first-order valence-electron chi connectivity index (χ1n) is 13.7. The third-order valence-electron chi connectivity index (χ3n) is 8.74. The molecule has 4 aliphatic heterocycles. The number of carbonyl (C=O) groups excluding carboxylic acids is 1. The fourth-order valence-corrected chi connectivity index (χ4v) is 6.85. The Hall–Kier alpha value is -4.23. The van der Waals surface area contributed by atoms with E-state index < -0.39 is 11.6 Å². The molecule has 214 valence electrons. The van der Waals surface area contributed by atoms with Gasteiger partial charge in [0.2, 0.25) is 5.91 Å². The quantitative estimate of drug-likeness (QED) is 0.373. The average Bonchev–Trinajstić information content (AvgIpc) is 3.70. The minimum atomic E-state index is -0.629. The number of rotatable bonds is 5. The summed E-state index contributed by atoms with van der Waals surface area (Å²) in [5.41, 5.74) is 2.15. The van der Waals surface area contributed by atoms with Crippen molar-refractivity contribution in [3.05, 3.63) is 71.0 Å². The predicted octanol–water partition coefficient (Wildman–Crippen LogP) is 3.74. The summed E-state index contributed by atoms with van der Waals surface area (Å²) in [5.74, 6) is -0.396. The molecule has 4 aliphatic rings. The topological polar surface area (TPSA) is 118 Å². The van der Waals surface area contributed by atoms with E-state index in [1.807, 2.05) is 4.90 Å². The summed E-state index contributed by atoms with van der Waals surface area (Å²) in [6.45, 7) is 2.86. The van der Waals surface area contributed by atoms with Gasteiger partial charge < -0.3 is 19.5 Å². The molecule has 1 spiro atoms. The lowest BCUT2D eigenvalue weighted by Gasteiger charge is -2.55. The Kier molecular flexibility index (Phi) is 5.70. The first kappa shape index (κ1) is 25.5. The molecule has 0 saturated carbocycles. The van der Waals surface area contributed by atoms with E-state index in [0.29, 0.717) is 66.6 Å². The van der Waals surface area contributed by atoms with E-state index in [2.05, 4.69) is 30.5 Å². The Labute approximate surface area is 243 Å². The fraction of sp³-hybridized carbons (Fsp3) is 0.357. The van der Waals surface area contributed by atoms with Crippen molar-refractivity contribution in [2.24, 2.45) is 5.41 Å². The summed E-state index contributed by atoms with van der Waals surface area (Å²) < 4.78 is 37.7. The van der Waals surface area contributed by atoms with Gasteiger partial charge in [-0.15, -0.1) is 5.10 Å². The smallest absolute Gasteiger partial charge is 0.247 e. The Morgan fingerprint density at radius 3 is 2.71 bits per heavy atom. The van der Waals surface area contributed by atoms with Gasteiger partial charge in [0.05, 0.1) is 47.3 Å². The molecule has 1 N–H and O–H groups in total. The number of benzene rings is 1. The van der Waals surface area contributed by atoms with Crippen molar-refractivity contribution in [1.82, 2.24) is 40.1 Å². The molecule has 8 rings (SSSR count). The van der Waals surface area contributed by atoms with Crippen LogP contribution in [0.1, 0.15) is 36.7 Å². The van der Waals surface area contributed by atoms with Gasteiger partial charge in [0.1, 0.15) is 12.2 Å². The minimum absolute atomic E-state index is 0.0535. The number of H-pyrrole nitrogens is 1. The van der Waals surface area contributed by atoms with E-state index in [4.69, 9.17) is 16.3 Å². The summed E-state index contributed by atoms with van der Waals surface area (Å²) >= 11 is 6.13. The van der Waals surface area contributed by atoms with Crippen molar-refractivity contribution in [2.45, 2.75) is 31.3 Å². The molecule has 0 radical (unpaired) electrons. The van der Waals surface area contributed by atoms with Crippen LogP contribution in [0.5, 0.6) is 0 Å². The number of anilines is 1. The maximum atomic E-state index is 15.6. The zero-order chi connectivity index (χ0) is 28.6. The molecule has 0 bridgehead atoms. The maximum absolute atomic E-state index is 15.6. The average molecular weight is 592 g/mol. The molecule has 0 unspecified atom stereocenters. The van der Waals surface area contributed by atoms with E-state index in [1.165, 1.54) is 23.2 Å². The number of carbonyl (C=O) groups is 1. The van der Waals surface area contributed by atoms with Crippen LogP contribution in [-0.2, 0) is 9.53 Å². The van der Waals surface area contributed by atoms with Gasteiger partial charge in [-0.25, -0.2) is 18.7 Å². The molecule has 7 heterocycles. The highest BCUT2D eigenvalue weighted by Gasteiger charge is 2.50. The highest BCUT2D eigenvalue weighted by atomic mass is 35.5. The van der Waals surface area contributed by atoms with Gasteiger partial charge >= 0.3 is 0 Å². The number of nitrogens with one attached hydrogen (secondary N) is 1. The highest BCUT2D eigenvalue weighted by Crippen LogP contribution is 2.45. The number of hydrogen-bond donors (Lipinski definition) is 1. The number of aromatic nitrogens is 7. The largest absolute Gasteiger partial charge is 0.380 e. The van der Waals surface area contributed by atoms with Crippen molar-refractivity contribution >= 4 is 28.9 Å². The van der Waals surface area contributed by atoms with E-state index >= 15 is 8.78 Å². The van der Waals surface area contributed by atoms with Crippen LogP contribution >= 0.6 is 11.6 Å². The standard InChI is InChI=1S/C28H24ClF2N9O2/c29-18-2-4-20(39-14-34-36-37-39)23(25(18)31)15-7-16-1-3-21(40(16)22(41)8-15)26-33-9-19(35-26)17-5-6-32-27(24(17)30)38-10-28(11-38)12-42-13-28/h2,4-6,8-9,14,16,21H,1,3,7,10-13H2,(H,33,35)/t16-,21+/m1/s1. The molecule has 1 aromatic carbocycles. The van der Waals surface area contributed by atoms with Crippen LogP contribution < -0.4 is 4.90 Å². The number of tetrazole rings is 1. The van der Waals surface area contributed by atoms with Gasteiger partial charge in [-0.2, -0.15) is 4.68 Å². The Bertz CT molecular complexity index is 1750. The zero-order valence-corrected chi connectivity index (χ0v) is 22.9. The lowest BCUT2D eigenvalue weighted by Crippen LogP contribution is -2.66. The first-order chi connectivity index (χ1) is 20.4. The van der Waals surface area contributed by atoms with Crippen LogP contribution in [0.25, 0.3) is 22.5 Å². The van der Waals surface area contributed by atoms with Crippen LogP contribution in [-0.4, -0.2) is 78.3 Å². The fourth-order valence-electron chi connectivity index (χ4n) is 6.69. The summed E-state index contributed by atoms with van der Waals surface area (Å²) in [6.07, 6.45) is 7.78. The Morgan fingerprint density at radius 2 is 1.95 bits per heavy atom. The molecule has 3 saturated heterocycles. The number of aromatic amines is 1. The molecule has 3 aromatic heterocycles. The second-order valence-corrected chi connectivity index (χ2v) is 11.8. The van der Waals surface area contributed by atoms with Crippen LogP contribution in [0.2, 0.25) is 5.02 Å².